The molecule has 0 N–H and O–H groups in total. The molecule has 3 unspecified atom stereocenters. The summed E-state index contributed by atoms with van der Waals surface area (Å²) in [6.45, 7) is 0. The quantitative estimate of drug-likeness (QED) is 0.195. The number of nitrogens with zero attached hydrogens (tertiary/aromatic N) is 4. The van der Waals surface area contributed by atoms with Crippen LogP contribution in [0.5, 0.6) is 0 Å². The number of aromatic nitrogens is 1. The normalized spacial score (nSPS) is 18.6. The highest BCUT2D eigenvalue weighted by molar-refractivity contribution is 7.25. The van der Waals surface area contributed by atoms with Crippen LogP contribution in [0.2, 0.25) is 0 Å². The Balaban J connectivity index is 1.13. The van der Waals surface area contributed by atoms with E-state index in [0.29, 0.717) is 5.56 Å². The van der Waals surface area contributed by atoms with E-state index >= 15 is 0 Å². The molecule has 2 aliphatic rings. The second-order valence-electron chi connectivity index (χ2n) is 11.7. The van der Waals surface area contributed by atoms with Gasteiger partial charge in [-0.2, -0.15) is 10.3 Å². The van der Waals surface area contributed by atoms with Crippen molar-refractivity contribution in [1.29, 1.82) is 5.26 Å². The molecule has 206 valence electrons. The largest absolute Gasteiger partial charge is 0.309 e. The van der Waals surface area contributed by atoms with Crippen molar-refractivity contribution in [3.63, 3.8) is 0 Å². The smallest absolute Gasteiger partial charge is 0.142 e. The van der Waals surface area contributed by atoms with E-state index in [1.54, 1.807) is 0 Å². The first-order valence-electron chi connectivity index (χ1n) is 14.9. The van der Waals surface area contributed by atoms with Crippen LogP contribution in [0.1, 0.15) is 34.5 Å². The molecular weight excluding hydrogens is 557 g/mol. The van der Waals surface area contributed by atoms with Gasteiger partial charge in [0.05, 0.1) is 34.4 Å². The van der Waals surface area contributed by atoms with Gasteiger partial charge in [0.15, 0.2) is 0 Å². The first-order valence-corrected chi connectivity index (χ1v) is 15.7. The Bertz CT molecular complexity index is 2500. The molecular formula is C39H24N4S. The van der Waals surface area contributed by atoms with Gasteiger partial charge in [0.2, 0.25) is 0 Å². The van der Waals surface area contributed by atoms with Crippen LogP contribution in [-0.2, 0) is 0 Å². The van der Waals surface area contributed by atoms with E-state index in [-0.39, 0.29) is 12.2 Å². The second kappa shape index (κ2) is 8.81. The Morgan fingerprint density at radius 2 is 1.39 bits per heavy atom. The van der Waals surface area contributed by atoms with Crippen LogP contribution in [0.4, 0.5) is 5.69 Å². The fourth-order valence-corrected chi connectivity index (χ4v) is 8.56. The van der Waals surface area contributed by atoms with Gasteiger partial charge < -0.3 is 4.57 Å². The number of rotatable bonds is 3. The van der Waals surface area contributed by atoms with Crippen LogP contribution in [0.25, 0.3) is 47.7 Å². The molecule has 44 heavy (non-hydrogen) atoms. The molecule has 6 aromatic carbocycles. The summed E-state index contributed by atoms with van der Waals surface area (Å²) in [5.74, 6) is 0. The van der Waals surface area contributed by atoms with E-state index in [1.165, 1.54) is 70.0 Å². The lowest BCUT2D eigenvalue weighted by atomic mass is 9.96. The van der Waals surface area contributed by atoms with Crippen molar-refractivity contribution in [1.82, 2.24) is 9.58 Å². The van der Waals surface area contributed by atoms with Crippen LogP contribution in [0.3, 0.4) is 0 Å². The lowest BCUT2D eigenvalue weighted by Gasteiger charge is -2.17. The minimum absolute atomic E-state index is 0.112. The molecule has 8 aromatic rings. The highest BCUT2D eigenvalue weighted by atomic mass is 32.1. The van der Waals surface area contributed by atoms with Crippen LogP contribution in [0, 0.1) is 11.3 Å². The number of anilines is 1. The first-order chi connectivity index (χ1) is 21.8. The summed E-state index contributed by atoms with van der Waals surface area (Å²) in [7, 11) is 0. The molecule has 0 aliphatic carbocycles. The van der Waals surface area contributed by atoms with E-state index < -0.39 is 0 Å². The van der Waals surface area contributed by atoms with Crippen molar-refractivity contribution >= 4 is 59.0 Å². The maximum Gasteiger partial charge on any atom is 0.142 e. The Morgan fingerprint density at radius 1 is 0.591 bits per heavy atom. The summed E-state index contributed by atoms with van der Waals surface area (Å²) >= 11 is 1.87. The zero-order chi connectivity index (χ0) is 28.9. The van der Waals surface area contributed by atoms with Gasteiger partial charge in [-0.3, -0.25) is 5.01 Å². The maximum atomic E-state index is 9.36. The van der Waals surface area contributed by atoms with Crippen LogP contribution >= 0.6 is 11.3 Å². The monoisotopic (exact) mass is 580 g/mol. The third-order valence-corrected chi connectivity index (χ3v) is 10.5. The molecule has 3 atom stereocenters. The van der Waals surface area contributed by atoms with E-state index in [9.17, 15) is 5.26 Å². The molecule has 1 fully saturated rings. The molecule has 0 amide bonds. The van der Waals surface area contributed by atoms with Crippen molar-refractivity contribution < 1.29 is 0 Å². The minimum atomic E-state index is 0.112. The van der Waals surface area contributed by atoms with Gasteiger partial charge in [-0.15, -0.1) is 11.3 Å². The standard InChI is InChI=1S/C39H24N4S/c40-23-24-16-18-25(19-17-24)38-30-12-2-5-14-34(30)42-39(43(38)42)26-8-7-9-27(20-26)41-33-13-4-1-10-28(33)31-22-37-32(21-35(31)41)29-11-3-6-15-36(29)44-37/h1-22,38-39H. The predicted octanol–water partition coefficient (Wildman–Crippen LogP) is 9.86. The fourth-order valence-electron chi connectivity index (χ4n) is 7.43. The van der Waals surface area contributed by atoms with Gasteiger partial charge in [-0.05, 0) is 65.7 Å². The Labute approximate surface area is 257 Å². The average molecular weight is 581 g/mol. The van der Waals surface area contributed by atoms with Gasteiger partial charge in [0.1, 0.15) is 6.17 Å². The molecule has 0 spiro atoms. The van der Waals surface area contributed by atoms with Gasteiger partial charge in [-0.25, -0.2) is 0 Å². The predicted molar refractivity (Wildman–Crippen MR) is 180 cm³/mol. The van der Waals surface area contributed by atoms with Gasteiger partial charge in [-0.1, -0.05) is 78.9 Å². The van der Waals surface area contributed by atoms with Gasteiger partial charge in [0.25, 0.3) is 0 Å². The number of hydrogen-bond acceptors (Lipinski definition) is 4. The molecule has 0 radical (unpaired) electrons. The van der Waals surface area contributed by atoms with Crippen molar-refractivity contribution in [2.24, 2.45) is 0 Å². The number of hydrogen-bond donors (Lipinski definition) is 0. The third kappa shape index (κ3) is 3.24. The van der Waals surface area contributed by atoms with E-state index in [1.807, 2.05) is 23.5 Å². The number of para-hydroxylation sites is 2. The molecule has 10 rings (SSSR count). The third-order valence-electron chi connectivity index (χ3n) is 9.37. The molecule has 4 nitrogen and oxygen atoms in total. The number of fused-ring (bicyclic) bond motifs is 9. The lowest BCUT2D eigenvalue weighted by Crippen LogP contribution is -2.09. The Hall–Kier alpha value is -5.41. The maximum absolute atomic E-state index is 9.36. The molecule has 2 aliphatic heterocycles. The van der Waals surface area contributed by atoms with Crippen molar-refractivity contribution in [3.8, 4) is 11.8 Å². The summed E-state index contributed by atoms with van der Waals surface area (Å²) in [6.07, 6.45) is 0.145. The zero-order valence-electron chi connectivity index (χ0n) is 23.6. The molecule has 5 heteroatoms. The number of benzene rings is 6. The van der Waals surface area contributed by atoms with E-state index in [0.717, 1.165) is 0 Å². The van der Waals surface area contributed by atoms with Crippen LogP contribution in [0.15, 0.2) is 133 Å². The Kier molecular flexibility index (Phi) is 4.82. The number of nitriles is 1. The number of thiophene rings is 1. The molecule has 0 saturated carbocycles. The summed E-state index contributed by atoms with van der Waals surface area (Å²) in [5.41, 5.74) is 9.33. The molecule has 0 bridgehead atoms. The highest BCUT2D eigenvalue weighted by Gasteiger charge is 2.57. The van der Waals surface area contributed by atoms with E-state index in [2.05, 4.69) is 142 Å². The van der Waals surface area contributed by atoms with Gasteiger partial charge in [0, 0.05) is 42.2 Å². The average Bonchev–Trinajstić information content (AvgIpc) is 3.37. The minimum Gasteiger partial charge on any atom is -0.309 e. The van der Waals surface area contributed by atoms with Crippen molar-refractivity contribution in [2.45, 2.75) is 12.2 Å². The molecule has 2 aromatic heterocycles. The van der Waals surface area contributed by atoms with Crippen LogP contribution < -0.4 is 5.01 Å². The summed E-state index contributed by atoms with van der Waals surface area (Å²) in [6, 6.07) is 50.4. The van der Waals surface area contributed by atoms with Crippen molar-refractivity contribution in [3.05, 3.63) is 156 Å². The molecule has 1 saturated heterocycles. The first kappa shape index (κ1) is 24.1. The van der Waals surface area contributed by atoms with Crippen molar-refractivity contribution in [2.75, 3.05) is 5.01 Å². The van der Waals surface area contributed by atoms with Crippen LogP contribution in [-0.4, -0.2) is 9.58 Å². The zero-order valence-corrected chi connectivity index (χ0v) is 24.4. The molecule has 4 heterocycles. The second-order valence-corrected chi connectivity index (χ2v) is 12.8. The summed E-state index contributed by atoms with van der Waals surface area (Å²) < 4.78 is 5.09. The topological polar surface area (TPSA) is 34.7 Å². The SMILES string of the molecule is N#Cc1ccc(C2c3ccccc3N3C(c4cccc(-n5c6ccccc6c6cc7sc8ccccc8c7cc65)c4)N23)cc1. The fraction of sp³-hybridized carbons (Fsp3) is 0.0513. The Morgan fingerprint density at radius 3 is 2.27 bits per heavy atom. The number of hydrazine groups is 1. The highest BCUT2D eigenvalue weighted by Crippen LogP contribution is 2.60. The van der Waals surface area contributed by atoms with E-state index in [4.69, 9.17) is 0 Å². The summed E-state index contributed by atoms with van der Waals surface area (Å²) in [4.78, 5) is 0. The summed E-state index contributed by atoms with van der Waals surface area (Å²) in [5, 5.41) is 19.4. The van der Waals surface area contributed by atoms with Gasteiger partial charge >= 0.3 is 0 Å². The lowest BCUT2D eigenvalue weighted by molar-refractivity contribution is 0.446.